The maximum atomic E-state index is 13.3. The number of ether oxygens (including phenoxy) is 1. The second-order valence-corrected chi connectivity index (χ2v) is 11.6. The quantitative estimate of drug-likeness (QED) is 0.359. The Morgan fingerprint density at radius 2 is 1.90 bits per heavy atom. The Hall–Kier alpha value is -3.66. The minimum atomic E-state index is -0.274. The number of anilines is 3. The first-order valence-electron chi connectivity index (χ1n) is 14.2. The summed E-state index contributed by atoms with van der Waals surface area (Å²) >= 11 is 0. The van der Waals surface area contributed by atoms with Crippen LogP contribution in [-0.4, -0.2) is 51.2 Å². The monoisotopic (exact) mass is 549 g/mol. The fourth-order valence-corrected chi connectivity index (χ4v) is 4.71. The molecule has 2 N–H and O–H groups in total. The van der Waals surface area contributed by atoms with Crippen LogP contribution < -0.4 is 21.1 Å². The molecule has 1 unspecified atom stereocenters. The molecule has 10 heteroatoms. The second kappa shape index (κ2) is 12.7. The predicted octanol–water partition coefficient (Wildman–Crippen LogP) is 4.50. The summed E-state index contributed by atoms with van der Waals surface area (Å²) < 4.78 is 8.86. The molecule has 10 nitrogen and oxygen atoms in total. The highest BCUT2D eigenvalue weighted by molar-refractivity contribution is 5.94. The van der Waals surface area contributed by atoms with Gasteiger partial charge in [0.15, 0.2) is 11.6 Å². The fourth-order valence-electron chi connectivity index (χ4n) is 4.71. The Morgan fingerprint density at radius 1 is 1.15 bits per heavy atom. The summed E-state index contributed by atoms with van der Waals surface area (Å²) in [4.78, 5) is 28.4. The Labute approximate surface area is 236 Å². The number of rotatable bonds is 10. The molecule has 0 aliphatic carbocycles. The number of hydrogen-bond acceptors (Lipinski definition) is 7. The van der Waals surface area contributed by atoms with Crippen molar-refractivity contribution < 1.29 is 9.53 Å². The number of carbonyl (C=O) groups excluding carboxylic acids is 1. The maximum Gasteiger partial charge on any atom is 0.292 e. The van der Waals surface area contributed by atoms with E-state index < -0.39 is 0 Å². The topological polar surface area (TPSA) is 106 Å². The average Bonchev–Trinajstić information content (AvgIpc) is 3.24. The van der Waals surface area contributed by atoms with Crippen molar-refractivity contribution in [1.82, 2.24) is 24.9 Å². The molecule has 3 aromatic rings. The van der Waals surface area contributed by atoms with E-state index in [1.54, 1.807) is 10.7 Å². The number of aromatic nitrogens is 4. The standard InChI is InChI=1S/C30H43N7O3/c1-7-8-16-40-20-37-29(39)25(32-26-17-21(2)35(6)33-26)18-27(34-37)36-15-9-10-24(19-36)31-28(38)22-11-13-23(14-12-22)30(3,4)5/h11-14,17-18,24H,7-10,15-16,19-20H2,1-6H3,(H,31,38)(H,32,33). The number of amides is 1. The van der Waals surface area contributed by atoms with Crippen LogP contribution in [0, 0.1) is 6.92 Å². The highest BCUT2D eigenvalue weighted by atomic mass is 16.5. The lowest BCUT2D eigenvalue weighted by Gasteiger charge is -2.34. The van der Waals surface area contributed by atoms with Crippen molar-refractivity contribution in [3.8, 4) is 0 Å². The van der Waals surface area contributed by atoms with E-state index in [1.807, 2.05) is 44.3 Å². The van der Waals surface area contributed by atoms with Crippen LogP contribution in [0.25, 0.3) is 0 Å². The summed E-state index contributed by atoms with van der Waals surface area (Å²) in [5, 5.41) is 15.5. The molecule has 4 rings (SSSR count). The van der Waals surface area contributed by atoms with Crippen LogP contribution in [0.4, 0.5) is 17.3 Å². The zero-order chi connectivity index (χ0) is 28.9. The Kier molecular flexibility index (Phi) is 9.29. The van der Waals surface area contributed by atoms with Crippen LogP contribution in [-0.2, 0) is 23.9 Å². The van der Waals surface area contributed by atoms with Crippen molar-refractivity contribution >= 4 is 23.2 Å². The molecule has 0 spiro atoms. The number of benzene rings is 1. The SMILES string of the molecule is CCCCOCn1nc(N2CCCC(NC(=O)c3ccc(C(C)(C)C)cc3)C2)cc(Nc2cc(C)n(C)n2)c1=O. The summed E-state index contributed by atoms with van der Waals surface area (Å²) in [6.07, 6.45) is 3.69. The molecule has 0 bridgehead atoms. The Bertz CT molecular complexity index is 1340. The predicted molar refractivity (Wildman–Crippen MR) is 158 cm³/mol. The Balaban J connectivity index is 1.52. The van der Waals surface area contributed by atoms with Gasteiger partial charge in [-0.3, -0.25) is 14.3 Å². The Morgan fingerprint density at radius 3 is 2.55 bits per heavy atom. The zero-order valence-corrected chi connectivity index (χ0v) is 24.7. The van der Waals surface area contributed by atoms with Gasteiger partial charge in [-0.1, -0.05) is 46.2 Å². The van der Waals surface area contributed by atoms with E-state index in [-0.39, 0.29) is 29.7 Å². The van der Waals surface area contributed by atoms with Crippen molar-refractivity contribution in [3.05, 3.63) is 63.6 Å². The first kappa shape index (κ1) is 29.3. The van der Waals surface area contributed by atoms with Gasteiger partial charge < -0.3 is 20.3 Å². The van der Waals surface area contributed by atoms with E-state index >= 15 is 0 Å². The van der Waals surface area contributed by atoms with Gasteiger partial charge in [-0.25, -0.2) is 0 Å². The van der Waals surface area contributed by atoms with E-state index in [0.29, 0.717) is 36.0 Å². The molecule has 3 heterocycles. The van der Waals surface area contributed by atoms with Crippen LogP contribution in [0.15, 0.2) is 41.2 Å². The number of carbonyl (C=O) groups is 1. The molecule has 0 radical (unpaired) electrons. The number of hydrogen-bond donors (Lipinski definition) is 2. The van der Waals surface area contributed by atoms with Gasteiger partial charge in [-0.2, -0.15) is 9.78 Å². The molecule has 1 saturated heterocycles. The number of aryl methyl sites for hydroxylation is 2. The third-order valence-electron chi connectivity index (χ3n) is 7.29. The number of nitrogens with zero attached hydrogens (tertiary/aromatic N) is 5. The molecule has 1 fully saturated rings. The van der Waals surface area contributed by atoms with Crippen molar-refractivity contribution in [2.75, 3.05) is 29.9 Å². The van der Waals surface area contributed by atoms with E-state index in [2.05, 4.69) is 53.4 Å². The molecule has 0 saturated carbocycles. The van der Waals surface area contributed by atoms with Gasteiger partial charge in [0.1, 0.15) is 12.4 Å². The fraction of sp³-hybridized carbons (Fsp3) is 0.533. The third-order valence-corrected chi connectivity index (χ3v) is 7.29. The molecule has 40 heavy (non-hydrogen) atoms. The molecule has 216 valence electrons. The highest BCUT2D eigenvalue weighted by Gasteiger charge is 2.25. The zero-order valence-electron chi connectivity index (χ0n) is 24.7. The smallest absolute Gasteiger partial charge is 0.292 e. The van der Waals surface area contributed by atoms with Crippen LogP contribution >= 0.6 is 0 Å². The molecule has 1 amide bonds. The van der Waals surface area contributed by atoms with Gasteiger partial charge in [-0.15, -0.1) is 5.10 Å². The molecule has 1 atom stereocenters. The van der Waals surface area contributed by atoms with Crippen molar-refractivity contribution in [2.45, 2.75) is 78.5 Å². The summed E-state index contributed by atoms with van der Waals surface area (Å²) in [5.41, 5.74) is 2.96. The van der Waals surface area contributed by atoms with Crippen molar-refractivity contribution in [3.63, 3.8) is 0 Å². The summed E-state index contributed by atoms with van der Waals surface area (Å²) in [6.45, 7) is 12.5. The van der Waals surface area contributed by atoms with Gasteiger partial charge in [-0.05, 0) is 49.3 Å². The van der Waals surface area contributed by atoms with Gasteiger partial charge in [0.25, 0.3) is 11.5 Å². The first-order chi connectivity index (χ1) is 19.0. The van der Waals surface area contributed by atoms with Crippen molar-refractivity contribution in [1.29, 1.82) is 0 Å². The minimum Gasteiger partial charge on any atom is -0.359 e. The normalized spacial score (nSPS) is 15.8. The molecular formula is C30H43N7O3. The number of piperidine rings is 1. The van der Waals surface area contributed by atoms with E-state index in [4.69, 9.17) is 4.74 Å². The number of nitrogens with one attached hydrogen (secondary N) is 2. The molecular weight excluding hydrogens is 506 g/mol. The third kappa shape index (κ3) is 7.29. The first-order valence-corrected chi connectivity index (χ1v) is 14.2. The summed E-state index contributed by atoms with van der Waals surface area (Å²) in [5.74, 6) is 1.17. The maximum absolute atomic E-state index is 13.3. The second-order valence-electron chi connectivity index (χ2n) is 11.6. The van der Waals surface area contributed by atoms with Gasteiger partial charge >= 0.3 is 0 Å². The molecule has 1 aromatic carbocycles. The van der Waals surface area contributed by atoms with E-state index in [0.717, 1.165) is 37.9 Å². The lowest BCUT2D eigenvalue weighted by atomic mass is 9.86. The minimum absolute atomic E-state index is 0.0343. The molecule has 1 aliphatic heterocycles. The lowest BCUT2D eigenvalue weighted by Crippen LogP contribution is -2.48. The van der Waals surface area contributed by atoms with Gasteiger partial charge in [0, 0.05) is 56.2 Å². The van der Waals surface area contributed by atoms with Crippen LogP contribution in [0.1, 0.15) is 75.0 Å². The summed E-state index contributed by atoms with van der Waals surface area (Å²) in [7, 11) is 1.86. The van der Waals surface area contributed by atoms with Crippen LogP contribution in [0.5, 0.6) is 0 Å². The van der Waals surface area contributed by atoms with E-state index in [9.17, 15) is 9.59 Å². The van der Waals surface area contributed by atoms with Crippen LogP contribution in [0.3, 0.4) is 0 Å². The summed E-state index contributed by atoms with van der Waals surface area (Å²) in [6, 6.07) is 11.5. The lowest BCUT2D eigenvalue weighted by molar-refractivity contribution is 0.0638. The van der Waals surface area contributed by atoms with Crippen molar-refractivity contribution in [2.24, 2.45) is 7.05 Å². The van der Waals surface area contributed by atoms with E-state index in [1.165, 1.54) is 10.2 Å². The largest absolute Gasteiger partial charge is 0.359 e. The van der Waals surface area contributed by atoms with Crippen LogP contribution in [0.2, 0.25) is 0 Å². The molecule has 2 aromatic heterocycles. The molecule has 1 aliphatic rings. The number of unbranched alkanes of at least 4 members (excludes halogenated alkanes) is 1. The highest BCUT2D eigenvalue weighted by Crippen LogP contribution is 2.24. The van der Waals surface area contributed by atoms with Gasteiger partial charge in [0.05, 0.1) is 0 Å². The average molecular weight is 550 g/mol. The van der Waals surface area contributed by atoms with Gasteiger partial charge in [0.2, 0.25) is 0 Å².